The van der Waals surface area contributed by atoms with Crippen molar-refractivity contribution < 1.29 is 9.59 Å². The smallest absolute Gasteiger partial charge is 0.215 e. The Labute approximate surface area is 140 Å². The highest BCUT2D eigenvalue weighted by Crippen LogP contribution is 2.36. The summed E-state index contributed by atoms with van der Waals surface area (Å²) >= 11 is 0. The van der Waals surface area contributed by atoms with Gasteiger partial charge in [0.05, 0.1) is 11.1 Å². The molecule has 0 fully saturated rings. The van der Waals surface area contributed by atoms with E-state index in [9.17, 15) is 9.59 Å². The number of hydrogen-bond acceptors (Lipinski definition) is 3. The summed E-state index contributed by atoms with van der Waals surface area (Å²) in [5.74, 6) is -0.230. The Morgan fingerprint density at radius 3 is 2.50 bits per heavy atom. The van der Waals surface area contributed by atoms with Crippen LogP contribution in [0.15, 0.2) is 30.5 Å². The van der Waals surface area contributed by atoms with E-state index in [4.69, 9.17) is 0 Å². The van der Waals surface area contributed by atoms with Crippen molar-refractivity contribution in [3.05, 3.63) is 64.1 Å². The molecule has 0 aliphatic heterocycles. The van der Waals surface area contributed by atoms with Crippen LogP contribution in [0.3, 0.4) is 0 Å². The van der Waals surface area contributed by atoms with E-state index >= 15 is 0 Å². The van der Waals surface area contributed by atoms with E-state index in [2.05, 4.69) is 4.98 Å². The minimum atomic E-state index is -0.145. The summed E-state index contributed by atoms with van der Waals surface area (Å²) in [6.45, 7) is 6.58. The predicted octanol–water partition coefficient (Wildman–Crippen LogP) is 3.70. The minimum Gasteiger partial charge on any atom is -0.337 e. The van der Waals surface area contributed by atoms with Crippen molar-refractivity contribution in [2.75, 3.05) is 0 Å². The maximum Gasteiger partial charge on any atom is 0.215 e. The highest BCUT2D eigenvalue weighted by Gasteiger charge is 2.37. The Hall–Kier alpha value is -2.75. The van der Waals surface area contributed by atoms with Gasteiger partial charge in [0.1, 0.15) is 11.4 Å². The van der Waals surface area contributed by atoms with Crippen molar-refractivity contribution in [1.29, 1.82) is 0 Å². The second-order valence-corrected chi connectivity index (χ2v) is 6.13. The molecule has 0 saturated heterocycles. The minimum absolute atomic E-state index is 0.0852. The van der Waals surface area contributed by atoms with Gasteiger partial charge in [-0.2, -0.15) is 0 Å². The lowest BCUT2D eigenvalue weighted by molar-refractivity contribution is 0.0970. The molecule has 0 atom stereocenters. The second kappa shape index (κ2) is 5.13. The molecule has 4 heteroatoms. The molecule has 2 heterocycles. The Morgan fingerprint density at radius 1 is 1.04 bits per heavy atom. The van der Waals surface area contributed by atoms with Gasteiger partial charge < -0.3 is 4.57 Å². The molecule has 1 aliphatic carbocycles. The van der Waals surface area contributed by atoms with E-state index in [0.717, 1.165) is 28.5 Å². The second-order valence-electron chi connectivity index (χ2n) is 6.13. The third kappa shape index (κ3) is 1.71. The van der Waals surface area contributed by atoms with Crippen LogP contribution in [0.2, 0.25) is 0 Å². The van der Waals surface area contributed by atoms with Crippen LogP contribution in [-0.2, 0) is 13.0 Å². The van der Waals surface area contributed by atoms with Gasteiger partial charge in [-0.25, -0.2) is 0 Å². The first-order valence-corrected chi connectivity index (χ1v) is 8.29. The van der Waals surface area contributed by atoms with Gasteiger partial charge in [0, 0.05) is 23.6 Å². The number of ketones is 2. The van der Waals surface area contributed by atoms with Gasteiger partial charge in [0.15, 0.2) is 0 Å². The monoisotopic (exact) mass is 318 g/mol. The van der Waals surface area contributed by atoms with E-state index in [1.807, 2.05) is 49.6 Å². The molecule has 0 radical (unpaired) electrons. The number of fused-ring (bicyclic) bond motifs is 4. The van der Waals surface area contributed by atoms with Crippen molar-refractivity contribution >= 4 is 22.5 Å². The summed E-state index contributed by atoms with van der Waals surface area (Å²) < 4.78 is 1.95. The zero-order chi connectivity index (χ0) is 17.0. The van der Waals surface area contributed by atoms with Gasteiger partial charge in [-0.1, -0.05) is 25.1 Å². The van der Waals surface area contributed by atoms with Crippen LogP contribution in [0.5, 0.6) is 0 Å². The maximum absolute atomic E-state index is 13.3. The normalized spacial score (nSPS) is 13.3. The summed E-state index contributed by atoms with van der Waals surface area (Å²) in [6, 6.07) is 7.69. The van der Waals surface area contributed by atoms with Crippen LogP contribution >= 0.6 is 0 Å². The first-order valence-electron chi connectivity index (χ1n) is 8.29. The van der Waals surface area contributed by atoms with Gasteiger partial charge in [-0.05, 0) is 37.5 Å². The lowest BCUT2D eigenvalue weighted by Crippen LogP contribution is -2.25. The number of carbonyl (C=O) groups excluding carboxylic acids is 2. The predicted molar refractivity (Wildman–Crippen MR) is 92.8 cm³/mol. The van der Waals surface area contributed by atoms with Crippen LogP contribution in [0.25, 0.3) is 10.9 Å². The zero-order valence-electron chi connectivity index (χ0n) is 14.0. The highest BCUT2D eigenvalue weighted by molar-refractivity contribution is 6.32. The van der Waals surface area contributed by atoms with Crippen molar-refractivity contribution in [3.8, 4) is 0 Å². The molecular weight excluding hydrogens is 300 g/mol. The number of rotatable bonds is 2. The number of nitrogens with zero attached hydrogens (tertiary/aromatic N) is 2. The Bertz CT molecular complexity index is 1030. The quantitative estimate of drug-likeness (QED) is 0.566. The average Bonchev–Trinajstić information content (AvgIpc) is 2.94. The van der Waals surface area contributed by atoms with Gasteiger partial charge in [0.2, 0.25) is 11.6 Å². The van der Waals surface area contributed by atoms with Crippen LogP contribution in [0.4, 0.5) is 0 Å². The topological polar surface area (TPSA) is 52.0 Å². The molecule has 1 aliphatic rings. The molecular formula is C20H18N2O2. The van der Waals surface area contributed by atoms with Crippen LogP contribution < -0.4 is 0 Å². The standard InChI is InChI=1S/C20H18N2O2/c1-4-12-10-21-17-15(11(12)3)20(24)18-16(19(17)23)13-8-6-7-9-14(13)22(18)5-2/h6-10H,4-5H2,1-3H3. The Morgan fingerprint density at radius 2 is 1.79 bits per heavy atom. The van der Waals surface area contributed by atoms with Crippen molar-refractivity contribution in [1.82, 2.24) is 9.55 Å². The fourth-order valence-corrected chi connectivity index (χ4v) is 3.78. The summed E-state index contributed by atoms with van der Waals surface area (Å²) in [5, 5.41) is 0.831. The van der Waals surface area contributed by atoms with E-state index in [0.29, 0.717) is 29.1 Å². The first kappa shape index (κ1) is 14.8. The lowest BCUT2D eigenvalue weighted by Gasteiger charge is -2.19. The molecule has 3 aromatic rings. The van der Waals surface area contributed by atoms with Crippen molar-refractivity contribution in [2.24, 2.45) is 0 Å². The third-order valence-corrected chi connectivity index (χ3v) is 5.00. The van der Waals surface area contributed by atoms with E-state index in [1.54, 1.807) is 6.20 Å². The first-order chi connectivity index (χ1) is 11.6. The number of aromatic nitrogens is 2. The molecule has 0 amide bonds. The third-order valence-electron chi connectivity index (χ3n) is 5.00. The largest absolute Gasteiger partial charge is 0.337 e. The van der Waals surface area contributed by atoms with Crippen LogP contribution in [0.1, 0.15) is 57.1 Å². The van der Waals surface area contributed by atoms with Crippen LogP contribution in [-0.4, -0.2) is 21.1 Å². The van der Waals surface area contributed by atoms with E-state index in [-0.39, 0.29) is 11.6 Å². The lowest BCUT2D eigenvalue weighted by atomic mass is 9.86. The average molecular weight is 318 g/mol. The molecule has 0 N–H and O–H groups in total. The molecule has 4 nitrogen and oxygen atoms in total. The molecule has 1 aromatic carbocycles. The SMILES string of the molecule is CCc1cnc2c(c1C)C(=O)c1c(c3ccccc3n1CC)C2=O. The van der Waals surface area contributed by atoms with Crippen LogP contribution in [0, 0.1) is 6.92 Å². The zero-order valence-corrected chi connectivity index (χ0v) is 14.0. The fraction of sp³-hybridized carbons (Fsp3) is 0.250. The number of hydrogen-bond donors (Lipinski definition) is 0. The fourth-order valence-electron chi connectivity index (χ4n) is 3.78. The van der Waals surface area contributed by atoms with E-state index in [1.165, 1.54) is 0 Å². The number of benzene rings is 1. The van der Waals surface area contributed by atoms with E-state index < -0.39 is 0 Å². The maximum atomic E-state index is 13.3. The number of aryl methyl sites for hydroxylation is 2. The molecule has 4 rings (SSSR count). The molecule has 2 aromatic heterocycles. The van der Waals surface area contributed by atoms with Gasteiger partial charge in [-0.15, -0.1) is 0 Å². The number of para-hydroxylation sites is 1. The van der Waals surface area contributed by atoms with Gasteiger partial charge in [-0.3, -0.25) is 14.6 Å². The molecule has 0 spiro atoms. The summed E-state index contributed by atoms with van der Waals surface area (Å²) in [5.41, 5.74) is 4.59. The molecule has 24 heavy (non-hydrogen) atoms. The molecule has 120 valence electrons. The van der Waals surface area contributed by atoms with Crippen molar-refractivity contribution in [3.63, 3.8) is 0 Å². The number of carbonyl (C=O) groups is 2. The summed E-state index contributed by atoms with van der Waals surface area (Å²) in [4.78, 5) is 30.7. The van der Waals surface area contributed by atoms with Crippen molar-refractivity contribution in [2.45, 2.75) is 33.7 Å². The molecule has 0 unspecified atom stereocenters. The summed E-state index contributed by atoms with van der Waals surface area (Å²) in [7, 11) is 0. The highest BCUT2D eigenvalue weighted by atomic mass is 16.1. The molecule has 0 saturated carbocycles. The number of pyridine rings is 1. The Kier molecular flexibility index (Phi) is 3.17. The summed E-state index contributed by atoms with van der Waals surface area (Å²) in [6.07, 6.45) is 2.51. The van der Waals surface area contributed by atoms with Gasteiger partial charge >= 0.3 is 0 Å². The Balaban J connectivity index is 2.13. The van der Waals surface area contributed by atoms with Gasteiger partial charge in [0.25, 0.3) is 0 Å². The molecule has 0 bridgehead atoms.